The molecule has 0 saturated heterocycles. The first-order chi connectivity index (χ1) is 8.00. The van der Waals surface area contributed by atoms with Crippen LogP contribution in [0.25, 0.3) is 11.1 Å². The van der Waals surface area contributed by atoms with E-state index in [0.29, 0.717) is 20.1 Å². The average molecular weight is 306 g/mol. The summed E-state index contributed by atoms with van der Waals surface area (Å²) >= 11 is 24.2. The Morgan fingerprint density at radius 1 is 0.824 bits per heavy atom. The molecule has 0 bridgehead atoms. The summed E-state index contributed by atoms with van der Waals surface area (Å²) in [4.78, 5) is 0. The number of halogens is 4. The van der Waals surface area contributed by atoms with Gasteiger partial charge in [-0.15, -0.1) is 0 Å². The summed E-state index contributed by atoms with van der Waals surface area (Å²) in [5.41, 5.74) is 2.76. The van der Waals surface area contributed by atoms with Crippen LogP contribution in [0, 0.1) is 6.92 Å². The minimum absolute atomic E-state index is 0.362. The van der Waals surface area contributed by atoms with Gasteiger partial charge in [-0.05, 0) is 30.2 Å². The molecule has 17 heavy (non-hydrogen) atoms. The number of rotatable bonds is 1. The molecule has 0 aliphatic rings. The van der Waals surface area contributed by atoms with Gasteiger partial charge in [-0.3, -0.25) is 0 Å². The first-order valence-corrected chi connectivity index (χ1v) is 6.42. The van der Waals surface area contributed by atoms with Crippen LogP contribution < -0.4 is 0 Å². The second kappa shape index (κ2) is 5.07. The minimum Gasteiger partial charge on any atom is -0.0834 e. The van der Waals surface area contributed by atoms with Crippen LogP contribution in [0.15, 0.2) is 30.3 Å². The van der Waals surface area contributed by atoms with E-state index in [1.807, 2.05) is 25.1 Å². The van der Waals surface area contributed by atoms with Crippen LogP contribution in [0.3, 0.4) is 0 Å². The third kappa shape index (κ3) is 2.56. The topological polar surface area (TPSA) is 0 Å². The standard InChI is InChI=1S/C13H8Cl4/c1-7-3-2-4-9(12(7)16)8-5-10(14)13(17)11(15)6-8/h2-6H,1H3. The Hall–Kier alpha value is -0.400. The van der Waals surface area contributed by atoms with E-state index in [-0.39, 0.29) is 0 Å². The molecule has 88 valence electrons. The van der Waals surface area contributed by atoms with Crippen molar-refractivity contribution in [1.82, 2.24) is 0 Å². The zero-order chi connectivity index (χ0) is 12.6. The number of hydrogen-bond acceptors (Lipinski definition) is 0. The van der Waals surface area contributed by atoms with Crippen molar-refractivity contribution in [3.8, 4) is 11.1 Å². The van der Waals surface area contributed by atoms with E-state index in [4.69, 9.17) is 46.4 Å². The van der Waals surface area contributed by atoms with E-state index in [0.717, 1.165) is 16.7 Å². The van der Waals surface area contributed by atoms with Crippen LogP contribution in [-0.4, -0.2) is 0 Å². The van der Waals surface area contributed by atoms with Crippen LogP contribution >= 0.6 is 46.4 Å². The fourth-order valence-electron chi connectivity index (χ4n) is 1.58. The monoisotopic (exact) mass is 304 g/mol. The second-order valence-electron chi connectivity index (χ2n) is 3.69. The van der Waals surface area contributed by atoms with Gasteiger partial charge in [-0.2, -0.15) is 0 Å². The molecular weight excluding hydrogens is 298 g/mol. The Morgan fingerprint density at radius 3 is 2.00 bits per heavy atom. The second-order valence-corrected chi connectivity index (χ2v) is 5.26. The van der Waals surface area contributed by atoms with Crippen molar-refractivity contribution in [3.05, 3.63) is 56.0 Å². The molecule has 0 aliphatic carbocycles. The van der Waals surface area contributed by atoms with E-state index >= 15 is 0 Å². The third-order valence-corrected chi connectivity index (χ3v) is 4.19. The molecule has 0 atom stereocenters. The fourth-order valence-corrected chi connectivity index (χ4v) is 2.41. The highest BCUT2D eigenvalue weighted by molar-refractivity contribution is 6.48. The molecule has 0 unspecified atom stereocenters. The maximum Gasteiger partial charge on any atom is 0.0778 e. The van der Waals surface area contributed by atoms with Crippen LogP contribution in [0.1, 0.15) is 5.56 Å². The molecule has 0 aromatic heterocycles. The van der Waals surface area contributed by atoms with Gasteiger partial charge in [0.25, 0.3) is 0 Å². The van der Waals surface area contributed by atoms with Gasteiger partial charge < -0.3 is 0 Å². The molecule has 2 rings (SSSR count). The van der Waals surface area contributed by atoms with E-state index < -0.39 is 0 Å². The highest BCUT2D eigenvalue weighted by Crippen LogP contribution is 2.38. The lowest BCUT2D eigenvalue weighted by Gasteiger charge is -2.09. The SMILES string of the molecule is Cc1cccc(-c2cc(Cl)c(Cl)c(Cl)c2)c1Cl. The lowest BCUT2D eigenvalue weighted by Crippen LogP contribution is -1.84. The molecule has 0 fully saturated rings. The molecule has 0 N–H and O–H groups in total. The van der Waals surface area contributed by atoms with Crippen molar-refractivity contribution in [2.45, 2.75) is 6.92 Å². The summed E-state index contributed by atoms with van der Waals surface area (Å²) in [7, 11) is 0. The quantitative estimate of drug-likeness (QED) is 0.544. The summed E-state index contributed by atoms with van der Waals surface area (Å²) < 4.78 is 0. The van der Waals surface area contributed by atoms with Gasteiger partial charge in [0.1, 0.15) is 0 Å². The third-order valence-electron chi connectivity index (χ3n) is 2.49. The molecule has 0 amide bonds. The zero-order valence-corrected chi connectivity index (χ0v) is 11.9. The maximum absolute atomic E-state index is 6.25. The van der Waals surface area contributed by atoms with Crippen molar-refractivity contribution in [3.63, 3.8) is 0 Å². The van der Waals surface area contributed by atoms with Crippen molar-refractivity contribution in [2.75, 3.05) is 0 Å². The summed E-state index contributed by atoms with van der Waals surface area (Å²) in [6.07, 6.45) is 0. The molecule has 2 aromatic rings. The highest BCUT2D eigenvalue weighted by Gasteiger charge is 2.10. The van der Waals surface area contributed by atoms with Gasteiger partial charge in [0, 0.05) is 5.56 Å². The van der Waals surface area contributed by atoms with Crippen LogP contribution in [-0.2, 0) is 0 Å². The maximum atomic E-state index is 6.25. The normalized spacial score (nSPS) is 10.6. The predicted molar refractivity (Wildman–Crippen MR) is 76.7 cm³/mol. The number of benzene rings is 2. The van der Waals surface area contributed by atoms with Crippen molar-refractivity contribution in [1.29, 1.82) is 0 Å². The average Bonchev–Trinajstić information content (AvgIpc) is 2.29. The van der Waals surface area contributed by atoms with Gasteiger partial charge >= 0.3 is 0 Å². The Bertz CT molecular complexity index is 553. The van der Waals surface area contributed by atoms with Gasteiger partial charge in [0.15, 0.2) is 0 Å². The predicted octanol–water partition coefficient (Wildman–Crippen LogP) is 6.28. The van der Waals surface area contributed by atoms with E-state index in [2.05, 4.69) is 0 Å². The highest BCUT2D eigenvalue weighted by atomic mass is 35.5. The molecule has 2 aromatic carbocycles. The Morgan fingerprint density at radius 2 is 1.41 bits per heavy atom. The molecule has 0 nitrogen and oxygen atoms in total. The lowest BCUT2D eigenvalue weighted by molar-refractivity contribution is 1.46. The van der Waals surface area contributed by atoms with Crippen molar-refractivity contribution < 1.29 is 0 Å². The fraction of sp³-hybridized carbons (Fsp3) is 0.0769. The Labute approximate surface area is 120 Å². The van der Waals surface area contributed by atoms with Crippen molar-refractivity contribution in [2.24, 2.45) is 0 Å². The van der Waals surface area contributed by atoms with Crippen molar-refractivity contribution >= 4 is 46.4 Å². The lowest BCUT2D eigenvalue weighted by atomic mass is 10.0. The van der Waals surface area contributed by atoms with E-state index in [9.17, 15) is 0 Å². The largest absolute Gasteiger partial charge is 0.0834 e. The van der Waals surface area contributed by atoms with E-state index in [1.165, 1.54) is 0 Å². The molecule has 0 aliphatic heterocycles. The molecule has 0 heterocycles. The Balaban J connectivity index is 2.65. The zero-order valence-electron chi connectivity index (χ0n) is 8.90. The first kappa shape index (κ1) is 13.0. The smallest absolute Gasteiger partial charge is 0.0778 e. The summed E-state index contributed by atoms with van der Waals surface area (Å²) in [6, 6.07) is 9.33. The number of aryl methyl sites for hydroxylation is 1. The summed E-state index contributed by atoms with van der Waals surface area (Å²) in [6.45, 7) is 1.95. The minimum atomic E-state index is 0.362. The molecular formula is C13H8Cl4. The molecule has 0 radical (unpaired) electrons. The van der Waals surface area contributed by atoms with Crippen LogP contribution in [0.2, 0.25) is 20.1 Å². The number of hydrogen-bond donors (Lipinski definition) is 0. The van der Waals surface area contributed by atoms with Gasteiger partial charge in [0.2, 0.25) is 0 Å². The van der Waals surface area contributed by atoms with E-state index in [1.54, 1.807) is 12.1 Å². The van der Waals surface area contributed by atoms with Gasteiger partial charge in [-0.25, -0.2) is 0 Å². The molecule has 0 spiro atoms. The molecule has 4 heteroatoms. The van der Waals surface area contributed by atoms with Crippen LogP contribution in [0.5, 0.6) is 0 Å². The summed E-state index contributed by atoms with van der Waals surface area (Å²) in [5.74, 6) is 0. The van der Waals surface area contributed by atoms with Gasteiger partial charge in [-0.1, -0.05) is 64.6 Å². The molecule has 0 saturated carbocycles. The van der Waals surface area contributed by atoms with Gasteiger partial charge in [0.05, 0.1) is 20.1 Å². The first-order valence-electron chi connectivity index (χ1n) is 4.90. The Kier molecular flexibility index (Phi) is 3.89. The summed E-state index contributed by atoms with van der Waals surface area (Å²) in [5, 5.41) is 1.90. The van der Waals surface area contributed by atoms with Crippen LogP contribution in [0.4, 0.5) is 0 Å².